The monoisotopic (exact) mass is 694 g/mol. The van der Waals surface area contributed by atoms with Crippen molar-refractivity contribution < 1.29 is 24.6 Å². The zero-order valence-corrected chi connectivity index (χ0v) is 31.6. The van der Waals surface area contributed by atoms with Crippen LogP contribution in [0.1, 0.15) is 63.4 Å². The maximum atomic E-state index is 13.3. The molecule has 6 rings (SSSR count). The van der Waals surface area contributed by atoms with Gasteiger partial charge in [-0.3, -0.25) is 14.9 Å². The zero-order chi connectivity index (χ0) is 36.5. The van der Waals surface area contributed by atoms with Gasteiger partial charge in [-0.2, -0.15) is 5.06 Å². The van der Waals surface area contributed by atoms with Gasteiger partial charge in [-0.15, -0.1) is 0 Å². The number of hydrogen-bond acceptors (Lipinski definition) is 10. The number of nitrogens with one attached hydrogen (secondary N) is 2. The third-order valence-corrected chi connectivity index (χ3v) is 11.8. The molecule has 1 aliphatic heterocycles. The Balaban J connectivity index is 1.46. The van der Waals surface area contributed by atoms with E-state index in [1.807, 2.05) is 75.2 Å². The number of nitrogens with two attached hydrogens (primary N) is 1. The van der Waals surface area contributed by atoms with Gasteiger partial charge in [0, 0.05) is 68.1 Å². The molecule has 2 aromatic rings. The highest BCUT2D eigenvalue weighted by Gasteiger charge is 2.57. The number of hydrogen-bond donors (Lipinski definition) is 5. The van der Waals surface area contributed by atoms with E-state index in [0.717, 1.165) is 35.3 Å². The molecule has 2 aromatic carbocycles. The highest BCUT2D eigenvalue weighted by atomic mass is 16.7. The van der Waals surface area contributed by atoms with E-state index in [-0.39, 0.29) is 18.5 Å². The van der Waals surface area contributed by atoms with Gasteiger partial charge in [0.15, 0.2) is 0 Å². The SMILES string of the molecule is CCOc1c(CN2O[C@@H](CN)[C@@H]([C@H](C)O)[C@H]2C(O)N[C@H]2C[C@H]3C[C@@H]([C@@H]2C)C3(C)C)cccc1-c1cc(C(=O)NCCN(C)C)cc(N(C)C)c1. The fourth-order valence-corrected chi connectivity index (χ4v) is 8.79. The molecule has 1 saturated heterocycles. The number of carbonyl (C=O) groups is 1. The molecule has 1 amide bonds. The summed E-state index contributed by atoms with van der Waals surface area (Å²) in [5, 5.41) is 31.4. The second-order valence-electron chi connectivity index (χ2n) is 15.9. The average Bonchev–Trinajstić information content (AvgIpc) is 3.44. The molecular formula is C39H62N6O5. The largest absolute Gasteiger partial charge is 0.493 e. The fraction of sp³-hybridized carbons (Fsp3) is 0.667. The smallest absolute Gasteiger partial charge is 0.251 e. The number of aliphatic hydroxyl groups excluding tert-OH is 2. The molecule has 0 spiro atoms. The highest BCUT2D eigenvalue weighted by Crippen LogP contribution is 2.61. The predicted octanol–water partition coefficient (Wildman–Crippen LogP) is 3.53. The van der Waals surface area contributed by atoms with E-state index in [9.17, 15) is 15.0 Å². The summed E-state index contributed by atoms with van der Waals surface area (Å²) in [6, 6.07) is 11.5. The van der Waals surface area contributed by atoms with Crippen LogP contribution in [0.3, 0.4) is 0 Å². The summed E-state index contributed by atoms with van der Waals surface area (Å²) >= 11 is 0. The minimum Gasteiger partial charge on any atom is -0.493 e. The molecule has 1 heterocycles. The first-order valence-electron chi connectivity index (χ1n) is 18.4. The third kappa shape index (κ3) is 7.84. The normalized spacial score (nSPS) is 28.6. The van der Waals surface area contributed by atoms with E-state index in [2.05, 4.69) is 37.5 Å². The van der Waals surface area contributed by atoms with E-state index in [1.165, 1.54) is 6.42 Å². The molecule has 4 fully saturated rings. The van der Waals surface area contributed by atoms with Crippen LogP contribution in [-0.4, -0.2) is 111 Å². The van der Waals surface area contributed by atoms with Crippen molar-refractivity contribution in [3.8, 4) is 16.9 Å². The van der Waals surface area contributed by atoms with Crippen molar-refractivity contribution in [2.75, 3.05) is 59.3 Å². The Morgan fingerprint density at radius 3 is 2.50 bits per heavy atom. The lowest BCUT2D eigenvalue weighted by atomic mass is 9.44. The minimum atomic E-state index is -0.941. The van der Waals surface area contributed by atoms with E-state index >= 15 is 0 Å². The second kappa shape index (κ2) is 15.9. The van der Waals surface area contributed by atoms with Gasteiger partial charge in [-0.25, -0.2) is 0 Å². The first kappa shape index (κ1) is 38.5. The fourth-order valence-electron chi connectivity index (χ4n) is 8.79. The maximum absolute atomic E-state index is 13.3. The summed E-state index contributed by atoms with van der Waals surface area (Å²) in [4.78, 5) is 23.8. The molecule has 6 N–H and O–H groups in total. The molecule has 3 aliphatic carbocycles. The summed E-state index contributed by atoms with van der Waals surface area (Å²) in [7, 11) is 7.88. The average molecular weight is 695 g/mol. The van der Waals surface area contributed by atoms with Crippen LogP contribution in [-0.2, 0) is 11.4 Å². The van der Waals surface area contributed by atoms with Crippen LogP contribution in [0.25, 0.3) is 11.1 Å². The first-order valence-corrected chi connectivity index (χ1v) is 18.4. The van der Waals surface area contributed by atoms with Crippen molar-refractivity contribution in [1.29, 1.82) is 0 Å². The number of aliphatic hydroxyl groups is 2. The molecule has 9 atom stereocenters. The molecule has 0 aromatic heterocycles. The Bertz CT molecular complexity index is 1470. The highest BCUT2D eigenvalue weighted by molar-refractivity contribution is 5.97. The summed E-state index contributed by atoms with van der Waals surface area (Å²) in [6.45, 7) is 13.0. The van der Waals surface area contributed by atoms with Crippen LogP contribution < -0.4 is 26.0 Å². The molecule has 3 saturated carbocycles. The van der Waals surface area contributed by atoms with E-state index in [0.29, 0.717) is 54.2 Å². The summed E-state index contributed by atoms with van der Waals surface area (Å²) < 4.78 is 6.37. The number of ether oxygens (including phenoxy) is 1. The molecular weight excluding hydrogens is 632 g/mol. The number of rotatable bonds is 15. The molecule has 278 valence electrons. The Morgan fingerprint density at radius 2 is 1.90 bits per heavy atom. The number of fused-ring (bicyclic) bond motifs is 2. The number of likely N-dealkylation sites (N-methyl/N-ethyl adjacent to an activating group) is 1. The van der Waals surface area contributed by atoms with Crippen LogP contribution in [0.15, 0.2) is 36.4 Å². The molecule has 50 heavy (non-hydrogen) atoms. The van der Waals surface area contributed by atoms with Crippen LogP contribution >= 0.6 is 0 Å². The van der Waals surface area contributed by atoms with Gasteiger partial charge in [0.05, 0.1) is 31.4 Å². The summed E-state index contributed by atoms with van der Waals surface area (Å²) in [5.74, 6) is 1.83. The lowest BCUT2D eigenvalue weighted by Gasteiger charge is -2.62. The van der Waals surface area contributed by atoms with Crippen LogP contribution in [0, 0.1) is 29.1 Å². The standard InChI is InChI=1S/C39H62N6O5/c1-10-49-36-25(12-11-13-30(36)26-16-27(18-29(17-26)44(8)9)37(47)41-14-15-43(6)7)22-45-35(34(24(3)46)33(21-40)50-45)38(48)42-32-20-28-19-31(23(32)2)39(28,4)5/h11-13,16-18,23-24,28,31-35,38,42,46,48H,10,14-15,19-22,40H2,1-9H3,(H,41,47)/t23-,24-,28+,31-,32-,33-,34+,35-,38?/m0/s1. The molecule has 2 bridgehead atoms. The van der Waals surface area contributed by atoms with E-state index in [4.69, 9.17) is 15.3 Å². The van der Waals surface area contributed by atoms with Gasteiger partial charge in [-0.1, -0.05) is 39.0 Å². The van der Waals surface area contributed by atoms with Crippen molar-refractivity contribution in [2.45, 2.75) is 84.5 Å². The van der Waals surface area contributed by atoms with Gasteiger partial charge >= 0.3 is 0 Å². The van der Waals surface area contributed by atoms with Crippen molar-refractivity contribution in [2.24, 2.45) is 34.8 Å². The number of carbonyl (C=O) groups excluding carboxylic acids is 1. The molecule has 4 aliphatic rings. The lowest BCUT2D eigenvalue weighted by molar-refractivity contribution is -0.187. The number of amides is 1. The Morgan fingerprint density at radius 1 is 1.16 bits per heavy atom. The van der Waals surface area contributed by atoms with Crippen LogP contribution in [0.5, 0.6) is 5.75 Å². The van der Waals surface area contributed by atoms with Crippen molar-refractivity contribution in [3.63, 3.8) is 0 Å². The second-order valence-corrected chi connectivity index (χ2v) is 15.9. The number of benzene rings is 2. The van der Waals surface area contributed by atoms with Crippen LogP contribution in [0.4, 0.5) is 5.69 Å². The quantitative estimate of drug-likeness (QED) is 0.176. The number of nitrogens with zero attached hydrogens (tertiary/aromatic N) is 3. The number of hydroxylamine groups is 2. The first-order chi connectivity index (χ1) is 23.7. The molecule has 11 heteroatoms. The van der Waals surface area contributed by atoms with Gasteiger partial charge < -0.3 is 35.8 Å². The Labute approximate surface area is 299 Å². The number of para-hydroxylation sites is 1. The lowest BCUT2D eigenvalue weighted by Crippen LogP contribution is -2.63. The molecule has 1 unspecified atom stereocenters. The summed E-state index contributed by atoms with van der Waals surface area (Å²) in [6.07, 6.45) is 0.121. The summed E-state index contributed by atoms with van der Waals surface area (Å²) in [5.41, 5.74) is 10.6. The van der Waals surface area contributed by atoms with E-state index in [1.54, 1.807) is 12.0 Å². The number of anilines is 1. The molecule has 11 nitrogen and oxygen atoms in total. The van der Waals surface area contributed by atoms with Gasteiger partial charge in [0.2, 0.25) is 0 Å². The van der Waals surface area contributed by atoms with Crippen molar-refractivity contribution in [1.82, 2.24) is 20.6 Å². The van der Waals surface area contributed by atoms with Crippen LogP contribution in [0.2, 0.25) is 0 Å². The molecule has 0 radical (unpaired) electrons. The van der Waals surface area contributed by atoms with Crippen molar-refractivity contribution >= 4 is 11.6 Å². The third-order valence-electron chi connectivity index (χ3n) is 11.8. The minimum absolute atomic E-state index is 0.133. The van der Waals surface area contributed by atoms with Gasteiger partial charge in [-0.05, 0) is 87.7 Å². The topological polar surface area (TPSA) is 136 Å². The van der Waals surface area contributed by atoms with Crippen molar-refractivity contribution in [3.05, 3.63) is 47.5 Å². The van der Waals surface area contributed by atoms with E-state index < -0.39 is 30.4 Å². The Kier molecular flexibility index (Phi) is 12.2. The zero-order valence-electron chi connectivity index (χ0n) is 31.6. The van der Waals surface area contributed by atoms with Gasteiger partial charge in [0.25, 0.3) is 5.91 Å². The van der Waals surface area contributed by atoms with Gasteiger partial charge in [0.1, 0.15) is 12.0 Å². The Hall–Kier alpha value is -2.77. The maximum Gasteiger partial charge on any atom is 0.251 e. The predicted molar refractivity (Wildman–Crippen MR) is 199 cm³/mol.